The summed E-state index contributed by atoms with van der Waals surface area (Å²) in [4.78, 5) is 0. The van der Waals surface area contributed by atoms with Crippen LogP contribution in [0.25, 0.3) is 0 Å². The number of ether oxygens (including phenoxy) is 2. The molecule has 2 rings (SSSR count). The third-order valence-electron chi connectivity index (χ3n) is 3.55. The molecule has 112 valence electrons. The van der Waals surface area contributed by atoms with Crippen molar-refractivity contribution in [3.05, 3.63) is 29.3 Å². The van der Waals surface area contributed by atoms with Gasteiger partial charge in [0.15, 0.2) is 0 Å². The fraction of sp³-hybridized carbons (Fsp3) is 0.647. The van der Waals surface area contributed by atoms with E-state index in [-0.39, 0.29) is 6.04 Å². The summed E-state index contributed by atoms with van der Waals surface area (Å²) < 4.78 is 11.4. The molecule has 0 radical (unpaired) electrons. The first-order valence-electron chi connectivity index (χ1n) is 7.77. The highest BCUT2D eigenvalue weighted by molar-refractivity contribution is 5.38. The Morgan fingerprint density at radius 3 is 2.80 bits per heavy atom. The van der Waals surface area contributed by atoms with Gasteiger partial charge in [-0.25, -0.2) is 0 Å². The quantitative estimate of drug-likeness (QED) is 0.706. The monoisotopic (exact) mass is 277 g/mol. The number of nitrogens with two attached hydrogens (primary N) is 1. The van der Waals surface area contributed by atoms with Crippen molar-refractivity contribution < 1.29 is 9.47 Å². The Bertz CT molecular complexity index is 413. The second kappa shape index (κ2) is 7.65. The van der Waals surface area contributed by atoms with E-state index >= 15 is 0 Å². The molecule has 1 aromatic rings. The Morgan fingerprint density at radius 2 is 2.15 bits per heavy atom. The standard InChI is InChI=1S/C17H27NO2/c1-3-20-17-7-6-14(11-16(17)10-13(2)18)8-9-19-12-15-4-5-15/h6-7,11,13,15H,3-5,8-10,12,18H2,1-2H3. The highest BCUT2D eigenvalue weighted by Gasteiger charge is 2.20. The van der Waals surface area contributed by atoms with E-state index in [4.69, 9.17) is 15.2 Å². The Balaban J connectivity index is 1.90. The molecule has 0 heterocycles. The number of benzene rings is 1. The maximum atomic E-state index is 5.92. The summed E-state index contributed by atoms with van der Waals surface area (Å²) in [5.74, 6) is 1.80. The van der Waals surface area contributed by atoms with Crippen LogP contribution < -0.4 is 10.5 Å². The smallest absolute Gasteiger partial charge is 0.122 e. The lowest BCUT2D eigenvalue weighted by molar-refractivity contribution is 0.127. The van der Waals surface area contributed by atoms with E-state index in [1.807, 2.05) is 13.8 Å². The summed E-state index contributed by atoms with van der Waals surface area (Å²) in [7, 11) is 0. The molecule has 1 aliphatic rings. The van der Waals surface area contributed by atoms with Gasteiger partial charge in [-0.1, -0.05) is 12.1 Å². The van der Waals surface area contributed by atoms with Crippen LogP contribution in [0.1, 0.15) is 37.8 Å². The normalized spacial score (nSPS) is 16.1. The first kappa shape index (κ1) is 15.3. The largest absolute Gasteiger partial charge is 0.494 e. The van der Waals surface area contributed by atoms with E-state index in [1.54, 1.807) is 0 Å². The molecular weight excluding hydrogens is 250 g/mol. The number of hydrogen-bond donors (Lipinski definition) is 1. The van der Waals surface area contributed by atoms with Crippen LogP contribution in [0.5, 0.6) is 5.75 Å². The van der Waals surface area contributed by atoms with Crippen LogP contribution in [0.3, 0.4) is 0 Å². The highest BCUT2D eigenvalue weighted by Crippen LogP contribution is 2.28. The maximum Gasteiger partial charge on any atom is 0.122 e. The minimum Gasteiger partial charge on any atom is -0.494 e. The molecule has 2 N–H and O–H groups in total. The lowest BCUT2D eigenvalue weighted by Gasteiger charge is -2.14. The summed E-state index contributed by atoms with van der Waals surface area (Å²) >= 11 is 0. The van der Waals surface area contributed by atoms with Crippen LogP contribution in [-0.4, -0.2) is 25.9 Å². The van der Waals surface area contributed by atoms with Crippen molar-refractivity contribution in [3.63, 3.8) is 0 Å². The molecule has 1 aromatic carbocycles. The van der Waals surface area contributed by atoms with Crippen LogP contribution in [0, 0.1) is 5.92 Å². The van der Waals surface area contributed by atoms with Crippen molar-refractivity contribution in [1.82, 2.24) is 0 Å². The fourth-order valence-electron chi connectivity index (χ4n) is 2.32. The molecule has 0 saturated heterocycles. The van der Waals surface area contributed by atoms with E-state index < -0.39 is 0 Å². The molecule has 1 saturated carbocycles. The third kappa shape index (κ3) is 5.14. The van der Waals surface area contributed by atoms with E-state index in [9.17, 15) is 0 Å². The Morgan fingerprint density at radius 1 is 1.35 bits per heavy atom. The molecule has 0 amide bonds. The van der Waals surface area contributed by atoms with Gasteiger partial charge in [0.25, 0.3) is 0 Å². The Kier molecular flexibility index (Phi) is 5.86. The van der Waals surface area contributed by atoms with Gasteiger partial charge in [0, 0.05) is 12.6 Å². The summed E-state index contributed by atoms with van der Waals surface area (Å²) in [6.07, 6.45) is 4.51. The molecule has 3 heteroatoms. The second-order valence-corrected chi connectivity index (χ2v) is 5.82. The number of hydrogen-bond acceptors (Lipinski definition) is 3. The van der Waals surface area contributed by atoms with Crippen LogP contribution in [0.4, 0.5) is 0 Å². The molecule has 1 atom stereocenters. The minimum absolute atomic E-state index is 0.149. The molecule has 0 bridgehead atoms. The molecule has 1 aliphatic carbocycles. The summed E-state index contributed by atoms with van der Waals surface area (Å²) in [6, 6.07) is 6.57. The SMILES string of the molecule is CCOc1ccc(CCOCC2CC2)cc1CC(C)N. The molecule has 1 unspecified atom stereocenters. The van der Waals surface area contributed by atoms with Gasteiger partial charge in [-0.05, 0) is 62.6 Å². The highest BCUT2D eigenvalue weighted by atomic mass is 16.5. The van der Waals surface area contributed by atoms with Crippen molar-refractivity contribution >= 4 is 0 Å². The summed E-state index contributed by atoms with van der Waals surface area (Å²) in [5.41, 5.74) is 8.44. The average Bonchev–Trinajstić information content (AvgIpc) is 3.21. The lowest BCUT2D eigenvalue weighted by Crippen LogP contribution is -2.18. The third-order valence-corrected chi connectivity index (χ3v) is 3.55. The van der Waals surface area contributed by atoms with Crippen LogP contribution in [0.15, 0.2) is 18.2 Å². The Hall–Kier alpha value is -1.06. The summed E-state index contributed by atoms with van der Waals surface area (Å²) in [6.45, 7) is 6.47. The van der Waals surface area contributed by atoms with E-state index in [1.165, 1.54) is 24.0 Å². The zero-order valence-corrected chi connectivity index (χ0v) is 12.7. The van der Waals surface area contributed by atoms with Crippen LogP contribution >= 0.6 is 0 Å². The van der Waals surface area contributed by atoms with Crippen molar-refractivity contribution in [1.29, 1.82) is 0 Å². The topological polar surface area (TPSA) is 44.5 Å². The molecule has 0 aromatic heterocycles. The summed E-state index contributed by atoms with van der Waals surface area (Å²) in [5, 5.41) is 0. The van der Waals surface area contributed by atoms with Gasteiger partial charge in [0.1, 0.15) is 5.75 Å². The van der Waals surface area contributed by atoms with Crippen molar-refractivity contribution in [3.8, 4) is 5.75 Å². The average molecular weight is 277 g/mol. The zero-order chi connectivity index (χ0) is 14.4. The van der Waals surface area contributed by atoms with Gasteiger partial charge in [0.2, 0.25) is 0 Å². The van der Waals surface area contributed by atoms with Gasteiger partial charge in [0.05, 0.1) is 13.2 Å². The van der Waals surface area contributed by atoms with Crippen molar-refractivity contribution in [2.45, 2.75) is 45.6 Å². The van der Waals surface area contributed by atoms with Crippen molar-refractivity contribution in [2.75, 3.05) is 19.8 Å². The predicted molar refractivity (Wildman–Crippen MR) is 82.2 cm³/mol. The van der Waals surface area contributed by atoms with Crippen LogP contribution in [0.2, 0.25) is 0 Å². The van der Waals surface area contributed by atoms with Crippen molar-refractivity contribution in [2.24, 2.45) is 11.7 Å². The van der Waals surface area contributed by atoms with Gasteiger partial charge < -0.3 is 15.2 Å². The number of rotatable bonds is 9. The zero-order valence-electron chi connectivity index (χ0n) is 12.7. The molecule has 0 aliphatic heterocycles. The van der Waals surface area contributed by atoms with Gasteiger partial charge >= 0.3 is 0 Å². The first-order valence-corrected chi connectivity index (χ1v) is 7.77. The molecular formula is C17H27NO2. The first-order chi connectivity index (χ1) is 9.69. The van der Waals surface area contributed by atoms with E-state index in [2.05, 4.69) is 18.2 Å². The van der Waals surface area contributed by atoms with E-state index in [0.717, 1.165) is 37.7 Å². The van der Waals surface area contributed by atoms with Gasteiger partial charge in [-0.3, -0.25) is 0 Å². The molecule has 3 nitrogen and oxygen atoms in total. The van der Waals surface area contributed by atoms with Crippen LogP contribution in [-0.2, 0) is 17.6 Å². The van der Waals surface area contributed by atoms with Gasteiger partial charge in [-0.2, -0.15) is 0 Å². The van der Waals surface area contributed by atoms with Gasteiger partial charge in [-0.15, -0.1) is 0 Å². The molecule has 0 spiro atoms. The Labute approximate surface area is 122 Å². The second-order valence-electron chi connectivity index (χ2n) is 5.82. The predicted octanol–water partition coefficient (Wildman–Crippen LogP) is 2.94. The maximum absolute atomic E-state index is 5.92. The lowest BCUT2D eigenvalue weighted by atomic mass is 10.0. The fourth-order valence-corrected chi connectivity index (χ4v) is 2.32. The molecule has 1 fully saturated rings. The molecule has 20 heavy (non-hydrogen) atoms. The van der Waals surface area contributed by atoms with E-state index in [0.29, 0.717) is 6.61 Å². The minimum atomic E-state index is 0.149.